The highest BCUT2D eigenvalue weighted by molar-refractivity contribution is 5.30. The smallest absolute Gasteiger partial charge is 0.164 e. The zero-order valence-electron chi connectivity index (χ0n) is 9.00. The Hall–Kier alpha value is -2.04. The van der Waals surface area contributed by atoms with Crippen LogP contribution in [0.2, 0.25) is 0 Å². The van der Waals surface area contributed by atoms with E-state index in [9.17, 15) is 0 Å². The largest absolute Gasteiger partial charge is 0.508 e. The number of aromatic nitrogens is 3. The van der Waals surface area contributed by atoms with Gasteiger partial charge < -0.3 is 9.84 Å². The molecule has 0 saturated carbocycles. The number of nitrogens with zero attached hydrogens (tertiary/aromatic N) is 3. The van der Waals surface area contributed by atoms with Gasteiger partial charge in [-0.3, -0.25) is 0 Å². The van der Waals surface area contributed by atoms with Gasteiger partial charge in [-0.1, -0.05) is 0 Å². The van der Waals surface area contributed by atoms with E-state index in [4.69, 9.17) is 9.84 Å². The standard InChI is InChI=1S/C11H13N3O2/c1-2-14-11(12-8-13-14)7-16-10-5-3-9(15)4-6-10/h3-6,8,15H,2,7H2,1H3. The van der Waals surface area contributed by atoms with Gasteiger partial charge in [0.05, 0.1) is 0 Å². The Morgan fingerprint density at radius 2 is 2.06 bits per heavy atom. The molecule has 5 nitrogen and oxygen atoms in total. The van der Waals surface area contributed by atoms with Crippen molar-refractivity contribution in [2.24, 2.45) is 0 Å². The summed E-state index contributed by atoms with van der Waals surface area (Å²) >= 11 is 0. The quantitative estimate of drug-likeness (QED) is 0.848. The van der Waals surface area contributed by atoms with E-state index < -0.39 is 0 Å². The molecule has 0 aliphatic rings. The highest BCUT2D eigenvalue weighted by Gasteiger charge is 2.03. The van der Waals surface area contributed by atoms with Gasteiger partial charge >= 0.3 is 0 Å². The van der Waals surface area contributed by atoms with Crippen molar-refractivity contribution in [1.29, 1.82) is 0 Å². The molecule has 0 aliphatic carbocycles. The highest BCUT2D eigenvalue weighted by Crippen LogP contribution is 2.16. The van der Waals surface area contributed by atoms with E-state index in [-0.39, 0.29) is 5.75 Å². The summed E-state index contributed by atoms with van der Waals surface area (Å²) in [4.78, 5) is 4.10. The predicted molar refractivity (Wildman–Crippen MR) is 58.1 cm³/mol. The molecule has 5 heteroatoms. The fourth-order valence-electron chi connectivity index (χ4n) is 1.35. The Morgan fingerprint density at radius 1 is 1.31 bits per heavy atom. The first-order valence-electron chi connectivity index (χ1n) is 5.08. The summed E-state index contributed by atoms with van der Waals surface area (Å²) in [5, 5.41) is 13.2. The van der Waals surface area contributed by atoms with Gasteiger partial charge in [0.1, 0.15) is 24.4 Å². The third-order valence-electron chi connectivity index (χ3n) is 2.20. The molecule has 1 aromatic heterocycles. The molecule has 0 amide bonds. The van der Waals surface area contributed by atoms with Crippen LogP contribution >= 0.6 is 0 Å². The fraction of sp³-hybridized carbons (Fsp3) is 0.273. The number of rotatable bonds is 4. The van der Waals surface area contributed by atoms with Crippen LogP contribution in [0.1, 0.15) is 12.7 Å². The normalized spacial score (nSPS) is 10.3. The lowest BCUT2D eigenvalue weighted by Crippen LogP contribution is -2.07. The van der Waals surface area contributed by atoms with E-state index >= 15 is 0 Å². The SMILES string of the molecule is CCn1ncnc1COc1ccc(O)cc1. The summed E-state index contributed by atoms with van der Waals surface area (Å²) in [7, 11) is 0. The molecule has 1 aromatic carbocycles. The van der Waals surface area contributed by atoms with E-state index in [1.54, 1.807) is 28.9 Å². The van der Waals surface area contributed by atoms with E-state index in [0.29, 0.717) is 12.4 Å². The van der Waals surface area contributed by atoms with E-state index in [1.807, 2.05) is 6.92 Å². The van der Waals surface area contributed by atoms with E-state index in [1.165, 1.54) is 6.33 Å². The second kappa shape index (κ2) is 4.65. The first-order chi connectivity index (χ1) is 7.79. The number of hydrogen-bond donors (Lipinski definition) is 1. The summed E-state index contributed by atoms with van der Waals surface area (Å²) in [6.07, 6.45) is 1.51. The van der Waals surface area contributed by atoms with E-state index in [0.717, 1.165) is 12.4 Å². The maximum Gasteiger partial charge on any atom is 0.164 e. The third-order valence-corrected chi connectivity index (χ3v) is 2.20. The summed E-state index contributed by atoms with van der Waals surface area (Å²) < 4.78 is 7.29. The molecule has 0 atom stereocenters. The molecule has 2 aromatic rings. The summed E-state index contributed by atoms with van der Waals surface area (Å²) in [6.45, 7) is 3.14. The Balaban J connectivity index is 1.99. The highest BCUT2D eigenvalue weighted by atomic mass is 16.5. The first kappa shape index (κ1) is 10.5. The third kappa shape index (κ3) is 2.31. The van der Waals surface area contributed by atoms with Gasteiger partial charge in [-0.05, 0) is 31.2 Å². The molecule has 0 radical (unpaired) electrons. The van der Waals surface area contributed by atoms with Crippen LogP contribution in [0, 0.1) is 0 Å². The molecule has 1 heterocycles. The van der Waals surface area contributed by atoms with Gasteiger partial charge in [0.2, 0.25) is 0 Å². The van der Waals surface area contributed by atoms with Crippen molar-refractivity contribution < 1.29 is 9.84 Å². The van der Waals surface area contributed by atoms with Crippen molar-refractivity contribution in [1.82, 2.24) is 14.8 Å². The van der Waals surface area contributed by atoms with Crippen LogP contribution in [0.4, 0.5) is 0 Å². The van der Waals surface area contributed by atoms with Gasteiger partial charge in [-0.2, -0.15) is 5.10 Å². The summed E-state index contributed by atoms with van der Waals surface area (Å²) in [5.74, 6) is 1.71. The second-order valence-corrected chi connectivity index (χ2v) is 3.27. The molecular weight excluding hydrogens is 206 g/mol. The maximum atomic E-state index is 9.11. The van der Waals surface area contributed by atoms with Crippen LogP contribution in [0.5, 0.6) is 11.5 Å². The Bertz CT molecular complexity index is 451. The van der Waals surface area contributed by atoms with Crippen LogP contribution in [0.15, 0.2) is 30.6 Å². The molecule has 0 bridgehead atoms. The average Bonchev–Trinajstić information content (AvgIpc) is 2.76. The minimum absolute atomic E-state index is 0.226. The maximum absolute atomic E-state index is 9.11. The molecule has 0 fully saturated rings. The molecule has 0 aliphatic heterocycles. The van der Waals surface area contributed by atoms with Gasteiger partial charge in [-0.25, -0.2) is 9.67 Å². The summed E-state index contributed by atoms with van der Waals surface area (Å²) in [5.41, 5.74) is 0. The number of aryl methyl sites for hydroxylation is 1. The minimum Gasteiger partial charge on any atom is -0.508 e. The van der Waals surface area contributed by atoms with Crippen LogP contribution in [-0.4, -0.2) is 19.9 Å². The fourth-order valence-corrected chi connectivity index (χ4v) is 1.35. The van der Waals surface area contributed by atoms with Crippen molar-refractivity contribution >= 4 is 0 Å². The number of phenolic OH excluding ortho intramolecular Hbond substituents is 1. The number of ether oxygens (including phenoxy) is 1. The number of phenols is 1. The number of aromatic hydroxyl groups is 1. The lowest BCUT2D eigenvalue weighted by Gasteiger charge is -2.06. The van der Waals surface area contributed by atoms with Crippen LogP contribution in [-0.2, 0) is 13.2 Å². The monoisotopic (exact) mass is 219 g/mol. The van der Waals surface area contributed by atoms with Crippen molar-refractivity contribution in [3.05, 3.63) is 36.4 Å². The number of hydrogen-bond acceptors (Lipinski definition) is 4. The summed E-state index contributed by atoms with van der Waals surface area (Å²) in [6, 6.07) is 6.59. The Labute approximate surface area is 93.3 Å². The van der Waals surface area contributed by atoms with Gasteiger partial charge in [0.25, 0.3) is 0 Å². The van der Waals surface area contributed by atoms with Crippen molar-refractivity contribution in [3.8, 4) is 11.5 Å². The Morgan fingerprint density at radius 3 is 2.75 bits per heavy atom. The first-order valence-corrected chi connectivity index (χ1v) is 5.08. The average molecular weight is 219 g/mol. The lowest BCUT2D eigenvalue weighted by atomic mass is 10.3. The van der Waals surface area contributed by atoms with Crippen LogP contribution < -0.4 is 4.74 Å². The van der Waals surface area contributed by atoms with Crippen LogP contribution in [0.25, 0.3) is 0 Å². The van der Waals surface area contributed by atoms with Crippen LogP contribution in [0.3, 0.4) is 0 Å². The molecule has 1 N–H and O–H groups in total. The zero-order chi connectivity index (χ0) is 11.4. The topological polar surface area (TPSA) is 60.2 Å². The molecular formula is C11H13N3O2. The van der Waals surface area contributed by atoms with Crippen molar-refractivity contribution in [2.75, 3.05) is 0 Å². The van der Waals surface area contributed by atoms with Crippen molar-refractivity contribution in [2.45, 2.75) is 20.1 Å². The zero-order valence-corrected chi connectivity index (χ0v) is 9.00. The van der Waals surface area contributed by atoms with Gasteiger partial charge in [0.15, 0.2) is 5.82 Å². The predicted octanol–water partition coefficient (Wildman–Crippen LogP) is 1.58. The lowest BCUT2D eigenvalue weighted by molar-refractivity contribution is 0.287. The molecule has 0 saturated heterocycles. The Kier molecular flexibility index (Phi) is 3.05. The number of benzene rings is 1. The molecule has 16 heavy (non-hydrogen) atoms. The molecule has 2 rings (SSSR count). The minimum atomic E-state index is 0.226. The van der Waals surface area contributed by atoms with Gasteiger partial charge in [-0.15, -0.1) is 0 Å². The van der Waals surface area contributed by atoms with E-state index in [2.05, 4.69) is 10.1 Å². The molecule has 0 unspecified atom stereocenters. The second-order valence-electron chi connectivity index (χ2n) is 3.27. The molecule has 84 valence electrons. The van der Waals surface area contributed by atoms with Gasteiger partial charge in [0, 0.05) is 6.54 Å². The van der Waals surface area contributed by atoms with Crippen molar-refractivity contribution in [3.63, 3.8) is 0 Å². The molecule has 0 spiro atoms.